The van der Waals surface area contributed by atoms with Gasteiger partial charge in [0.25, 0.3) is 0 Å². The van der Waals surface area contributed by atoms with E-state index in [1.165, 1.54) is 51.4 Å². The largest absolute Gasteiger partial charge is 0.501 e. The molecule has 3 nitrogen and oxygen atoms in total. The summed E-state index contributed by atoms with van der Waals surface area (Å²) in [4.78, 5) is 0. The van der Waals surface area contributed by atoms with Crippen LogP contribution in [0.1, 0.15) is 138 Å². The van der Waals surface area contributed by atoms with Crippen LogP contribution in [0.2, 0.25) is 6.04 Å². The van der Waals surface area contributed by atoms with E-state index in [0.29, 0.717) is 0 Å². The van der Waals surface area contributed by atoms with E-state index in [1.54, 1.807) is 0 Å². The van der Waals surface area contributed by atoms with Gasteiger partial charge in [-0.05, 0) is 38.5 Å². The van der Waals surface area contributed by atoms with Gasteiger partial charge in [-0.15, -0.1) is 0 Å². The minimum Gasteiger partial charge on any atom is -0.377 e. The van der Waals surface area contributed by atoms with Crippen molar-refractivity contribution in [3.8, 4) is 0 Å². The topological polar surface area (TPSA) is 27.7 Å². The normalized spacial score (nSPS) is 15.4. The van der Waals surface area contributed by atoms with Crippen molar-refractivity contribution in [2.45, 2.75) is 156 Å². The average molecular weight is 431 g/mol. The quantitative estimate of drug-likeness (QED) is 0.135. The standard InChI is InChI=1S/C25H54O3Si/c1-8-14-17-19-21-24(11-4)27-29(26-7,23-16-10-3)28-25(12-5,13-6)22-20-18-15-9-2/h24H,8-23H2,1-7H3. The molecule has 0 heterocycles. The second-order valence-corrected chi connectivity index (χ2v) is 11.5. The second kappa shape index (κ2) is 17.7. The van der Waals surface area contributed by atoms with E-state index in [2.05, 4.69) is 41.5 Å². The molecule has 176 valence electrons. The summed E-state index contributed by atoms with van der Waals surface area (Å²) in [7, 11) is -0.857. The van der Waals surface area contributed by atoms with Gasteiger partial charge in [-0.2, -0.15) is 0 Å². The number of rotatable bonds is 21. The zero-order valence-electron chi connectivity index (χ0n) is 21.1. The van der Waals surface area contributed by atoms with E-state index in [0.717, 1.165) is 51.0 Å². The highest BCUT2D eigenvalue weighted by atomic mass is 28.4. The first-order valence-corrected chi connectivity index (χ1v) is 14.9. The lowest BCUT2D eigenvalue weighted by atomic mass is 9.91. The predicted octanol–water partition coefficient (Wildman–Crippen LogP) is 8.68. The summed E-state index contributed by atoms with van der Waals surface area (Å²) in [5, 5.41) is 0. The van der Waals surface area contributed by atoms with Crippen LogP contribution in [0, 0.1) is 0 Å². The van der Waals surface area contributed by atoms with Gasteiger partial charge in [0.15, 0.2) is 0 Å². The van der Waals surface area contributed by atoms with Crippen molar-refractivity contribution >= 4 is 8.80 Å². The minimum absolute atomic E-state index is 0.0930. The summed E-state index contributed by atoms with van der Waals surface area (Å²) < 4.78 is 20.0. The lowest BCUT2D eigenvalue weighted by molar-refractivity contribution is -0.0524. The zero-order valence-corrected chi connectivity index (χ0v) is 22.1. The van der Waals surface area contributed by atoms with E-state index < -0.39 is 8.80 Å². The molecule has 0 aromatic rings. The third-order valence-corrected chi connectivity index (χ3v) is 9.50. The number of unbranched alkanes of at least 4 members (excludes halogenated alkanes) is 7. The molecule has 2 atom stereocenters. The summed E-state index contributed by atoms with van der Waals surface area (Å²) in [5.74, 6) is 0. The first-order chi connectivity index (χ1) is 14.0. The summed E-state index contributed by atoms with van der Waals surface area (Å²) >= 11 is 0. The van der Waals surface area contributed by atoms with Crippen LogP contribution in [0.15, 0.2) is 0 Å². The van der Waals surface area contributed by atoms with Crippen LogP contribution in [0.4, 0.5) is 0 Å². The molecule has 0 saturated heterocycles. The molecule has 4 heteroatoms. The van der Waals surface area contributed by atoms with Crippen LogP contribution in [0.5, 0.6) is 0 Å². The molecule has 0 aliphatic carbocycles. The molecule has 0 aromatic heterocycles. The Bertz CT molecular complexity index is 360. The Morgan fingerprint density at radius 1 is 0.724 bits per heavy atom. The van der Waals surface area contributed by atoms with Gasteiger partial charge in [0.05, 0.1) is 5.60 Å². The van der Waals surface area contributed by atoms with Gasteiger partial charge in [-0.25, -0.2) is 0 Å². The lowest BCUT2D eigenvalue weighted by Crippen LogP contribution is -2.54. The average Bonchev–Trinajstić information content (AvgIpc) is 2.76. The van der Waals surface area contributed by atoms with Crippen molar-refractivity contribution < 1.29 is 13.3 Å². The van der Waals surface area contributed by atoms with Crippen LogP contribution < -0.4 is 0 Å². The molecule has 0 aliphatic rings. The van der Waals surface area contributed by atoms with Crippen molar-refractivity contribution in [1.29, 1.82) is 0 Å². The molecule has 29 heavy (non-hydrogen) atoms. The molecule has 0 spiro atoms. The van der Waals surface area contributed by atoms with Crippen molar-refractivity contribution in [2.24, 2.45) is 0 Å². The third-order valence-electron chi connectivity index (χ3n) is 6.48. The number of hydrogen-bond acceptors (Lipinski definition) is 3. The predicted molar refractivity (Wildman–Crippen MR) is 130 cm³/mol. The van der Waals surface area contributed by atoms with Gasteiger partial charge in [-0.1, -0.05) is 99.3 Å². The van der Waals surface area contributed by atoms with Crippen molar-refractivity contribution in [3.63, 3.8) is 0 Å². The molecule has 0 N–H and O–H groups in total. The highest BCUT2D eigenvalue weighted by Gasteiger charge is 2.47. The molecule has 0 aliphatic heterocycles. The first kappa shape index (κ1) is 29.1. The molecule has 0 aromatic carbocycles. The Kier molecular flexibility index (Phi) is 17.8. The molecule has 0 bridgehead atoms. The second-order valence-electron chi connectivity index (χ2n) is 8.79. The zero-order chi connectivity index (χ0) is 22.0. The highest BCUT2D eigenvalue weighted by molar-refractivity contribution is 6.60. The molecule has 0 amide bonds. The first-order valence-electron chi connectivity index (χ1n) is 12.9. The van der Waals surface area contributed by atoms with Gasteiger partial charge in [-0.3, -0.25) is 0 Å². The maximum Gasteiger partial charge on any atom is 0.501 e. The minimum atomic E-state index is -2.69. The van der Waals surface area contributed by atoms with Gasteiger partial charge in [0.2, 0.25) is 0 Å². The van der Waals surface area contributed by atoms with Crippen LogP contribution in [0.3, 0.4) is 0 Å². The maximum atomic E-state index is 7.01. The SMILES string of the molecule is CCCCCCC(CC)O[Si](CCCC)(OC)OC(CC)(CC)CCCCCC. The van der Waals surface area contributed by atoms with Gasteiger partial charge in [0, 0.05) is 19.3 Å². The van der Waals surface area contributed by atoms with Crippen LogP contribution in [-0.2, 0) is 13.3 Å². The summed E-state index contributed by atoms with van der Waals surface area (Å²) in [6.07, 6.45) is 18.2. The van der Waals surface area contributed by atoms with E-state index >= 15 is 0 Å². The Balaban J connectivity index is 5.28. The molecule has 0 fully saturated rings. The number of hydrogen-bond donors (Lipinski definition) is 0. The molecule has 2 unspecified atom stereocenters. The third kappa shape index (κ3) is 11.9. The summed E-state index contributed by atoms with van der Waals surface area (Å²) in [6, 6.07) is 0.947. The van der Waals surface area contributed by atoms with Gasteiger partial charge >= 0.3 is 8.80 Å². The van der Waals surface area contributed by atoms with Crippen LogP contribution in [-0.4, -0.2) is 27.6 Å². The molecular weight excluding hydrogens is 376 g/mol. The monoisotopic (exact) mass is 430 g/mol. The molecule has 0 radical (unpaired) electrons. The lowest BCUT2D eigenvalue weighted by Gasteiger charge is -2.42. The van der Waals surface area contributed by atoms with E-state index in [1.807, 2.05) is 7.11 Å². The maximum absolute atomic E-state index is 7.01. The van der Waals surface area contributed by atoms with E-state index in [9.17, 15) is 0 Å². The smallest absolute Gasteiger partial charge is 0.377 e. The van der Waals surface area contributed by atoms with E-state index in [4.69, 9.17) is 13.3 Å². The van der Waals surface area contributed by atoms with Crippen molar-refractivity contribution in [3.05, 3.63) is 0 Å². The Hall–Kier alpha value is 0.0969. The molecular formula is C25H54O3Si. The summed E-state index contributed by atoms with van der Waals surface area (Å²) in [6.45, 7) is 13.6. The Labute approximate surface area is 185 Å². The van der Waals surface area contributed by atoms with E-state index in [-0.39, 0.29) is 11.7 Å². The van der Waals surface area contributed by atoms with Crippen LogP contribution >= 0.6 is 0 Å². The Morgan fingerprint density at radius 3 is 1.79 bits per heavy atom. The fraction of sp³-hybridized carbons (Fsp3) is 1.00. The summed E-state index contributed by atoms with van der Waals surface area (Å²) in [5.41, 5.74) is -0.0930. The Morgan fingerprint density at radius 2 is 1.31 bits per heavy atom. The fourth-order valence-electron chi connectivity index (χ4n) is 4.12. The molecule has 0 saturated carbocycles. The molecule has 0 rings (SSSR count). The van der Waals surface area contributed by atoms with Crippen molar-refractivity contribution in [1.82, 2.24) is 0 Å². The highest BCUT2D eigenvalue weighted by Crippen LogP contribution is 2.35. The van der Waals surface area contributed by atoms with Crippen LogP contribution in [0.25, 0.3) is 0 Å². The van der Waals surface area contributed by atoms with Crippen molar-refractivity contribution in [2.75, 3.05) is 7.11 Å². The van der Waals surface area contributed by atoms with Gasteiger partial charge < -0.3 is 13.3 Å². The van der Waals surface area contributed by atoms with Gasteiger partial charge in [0.1, 0.15) is 0 Å². The fourth-order valence-corrected chi connectivity index (χ4v) is 7.40.